The molecule has 0 saturated carbocycles. The molecule has 2 heteroatoms. The van der Waals surface area contributed by atoms with Crippen molar-refractivity contribution in [3.63, 3.8) is 0 Å². The fourth-order valence-corrected chi connectivity index (χ4v) is 3.15. The molecule has 0 aromatic heterocycles. The molecule has 0 aliphatic carbocycles. The fourth-order valence-electron chi connectivity index (χ4n) is 2.64. The Kier molecular flexibility index (Phi) is 12.5. The smallest absolute Gasteiger partial charge is 0.119 e. The number of hydrogen-bond donors (Lipinski definition) is 0. The lowest BCUT2D eigenvalue weighted by Gasteiger charge is -2.11. The van der Waals surface area contributed by atoms with Gasteiger partial charge in [0.1, 0.15) is 5.75 Å². The van der Waals surface area contributed by atoms with Crippen LogP contribution in [-0.2, 0) is 0 Å². The van der Waals surface area contributed by atoms with Gasteiger partial charge in [0.2, 0.25) is 0 Å². The van der Waals surface area contributed by atoms with Gasteiger partial charge in [-0.2, -0.15) is 0 Å². The lowest BCUT2D eigenvalue weighted by molar-refractivity contribution is 0.307. The first-order valence-corrected chi connectivity index (χ1v) is 10.1. The summed E-state index contributed by atoms with van der Waals surface area (Å²) in [7, 11) is 0. The van der Waals surface area contributed by atoms with Crippen molar-refractivity contribution in [3.8, 4) is 5.75 Å². The Morgan fingerprint density at radius 2 is 1.41 bits per heavy atom. The fraction of sp³-hybridized carbons (Fsp3) is 0.700. The van der Waals surface area contributed by atoms with E-state index in [4.69, 9.17) is 4.74 Å². The number of ether oxygens (including phenoxy) is 1. The van der Waals surface area contributed by atoms with Gasteiger partial charge >= 0.3 is 0 Å². The van der Waals surface area contributed by atoms with Crippen molar-refractivity contribution in [2.45, 2.75) is 82.4 Å². The molecular weight excluding hydrogens is 336 g/mol. The van der Waals surface area contributed by atoms with Crippen LogP contribution < -0.4 is 4.74 Å². The molecule has 0 amide bonds. The summed E-state index contributed by atoms with van der Waals surface area (Å²) in [4.78, 5) is 0.598. The molecule has 0 N–H and O–H groups in total. The summed E-state index contributed by atoms with van der Waals surface area (Å²) < 4.78 is 5.74. The van der Waals surface area contributed by atoms with E-state index in [0.717, 1.165) is 18.8 Å². The molecule has 0 fully saturated rings. The van der Waals surface area contributed by atoms with Crippen molar-refractivity contribution < 1.29 is 4.74 Å². The summed E-state index contributed by atoms with van der Waals surface area (Å²) in [5, 5.41) is 0. The van der Waals surface area contributed by atoms with Crippen molar-refractivity contribution in [2.24, 2.45) is 0 Å². The highest BCUT2D eigenvalue weighted by Crippen LogP contribution is 2.17. The predicted molar refractivity (Wildman–Crippen MR) is 101 cm³/mol. The molecule has 22 heavy (non-hydrogen) atoms. The van der Waals surface area contributed by atoms with Crippen LogP contribution in [0.3, 0.4) is 0 Å². The highest BCUT2D eigenvalue weighted by Gasteiger charge is 2.04. The second kappa shape index (κ2) is 14.1. The largest absolute Gasteiger partial charge is 0.494 e. The van der Waals surface area contributed by atoms with E-state index in [1.807, 2.05) is 30.3 Å². The molecule has 1 nitrogen and oxygen atoms in total. The molecular formula is C20H33BrO. The van der Waals surface area contributed by atoms with Gasteiger partial charge in [-0.15, -0.1) is 0 Å². The SMILES string of the molecule is CCCCCCCCCCCC(Br)CCOc1ccccc1. The first-order chi connectivity index (χ1) is 10.8. The Labute approximate surface area is 146 Å². The summed E-state index contributed by atoms with van der Waals surface area (Å²) in [5.41, 5.74) is 0. The minimum absolute atomic E-state index is 0.598. The van der Waals surface area contributed by atoms with Crippen molar-refractivity contribution >= 4 is 15.9 Å². The van der Waals surface area contributed by atoms with Crippen LogP contribution in [0.5, 0.6) is 5.75 Å². The molecule has 0 aliphatic rings. The average Bonchev–Trinajstić information content (AvgIpc) is 2.54. The molecule has 1 unspecified atom stereocenters. The van der Waals surface area contributed by atoms with Gasteiger partial charge in [-0.1, -0.05) is 98.8 Å². The van der Waals surface area contributed by atoms with Gasteiger partial charge in [-0.05, 0) is 25.0 Å². The van der Waals surface area contributed by atoms with Crippen molar-refractivity contribution in [1.82, 2.24) is 0 Å². The molecule has 1 aromatic rings. The number of hydrogen-bond acceptors (Lipinski definition) is 1. The summed E-state index contributed by atoms with van der Waals surface area (Å²) in [6.07, 6.45) is 15.0. The van der Waals surface area contributed by atoms with Crippen LogP contribution in [0, 0.1) is 0 Å². The summed E-state index contributed by atoms with van der Waals surface area (Å²) in [5.74, 6) is 0.977. The maximum atomic E-state index is 5.74. The van der Waals surface area contributed by atoms with Crippen LogP contribution in [0.4, 0.5) is 0 Å². The van der Waals surface area contributed by atoms with E-state index in [0.29, 0.717) is 4.83 Å². The molecule has 126 valence electrons. The van der Waals surface area contributed by atoms with Crippen LogP contribution in [0.1, 0.15) is 77.6 Å². The number of halogens is 1. The van der Waals surface area contributed by atoms with Gasteiger partial charge in [-0.3, -0.25) is 0 Å². The van der Waals surface area contributed by atoms with E-state index < -0.39 is 0 Å². The normalized spacial score (nSPS) is 12.3. The maximum Gasteiger partial charge on any atom is 0.119 e. The zero-order chi connectivity index (χ0) is 15.9. The Balaban J connectivity index is 1.86. The number of benzene rings is 1. The highest BCUT2D eigenvalue weighted by atomic mass is 79.9. The van der Waals surface area contributed by atoms with Gasteiger partial charge < -0.3 is 4.74 Å². The molecule has 0 aliphatic heterocycles. The number of alkyl halides is 1. The van der Waals surface area contributed by atoms with Crippen molar-refractivity contribution in [2.75, 3.05) is 6.61 Å². The Morgan fingerprint density at radius 1 is 0.818 bits per heavy atom. The van der Waals surface area contributed by atoms with E-state index in [1.54, 1.807) is 0 Å². The van der Waals surface area contributed by atoms with Crippen molar-refractivity contribution in [1.29, 1.82) is 0 Å². The lowest BCUT2D eigenvalue weighted by atomic mass is 10.1. The van der Waals surface area contributed by atoms with Gasteiger partial charge in [0, 0.05) is 4.83 Å². The third-order valence-corrected chi connectivity index (χ3v) is 4.98. The Morgan fingerprint density at radius 3 is 2.05 bits per heavy atom. The summed E-state index contributed by atoms with van der Waals surface area (Å²) in [6, 6.07) is 10.1. The van der Waals surface area contributed by atoms with Crippen LogP contribution in [0.15, 0.2) is 30.3 Å². The predicted octanol–water partition coefficient (Wildman–Crippen LogP) is 7.14. The van der Waals surface area contributed by atoms with Crippen molar-refractivity contribution in [3.05, 3.63) is 30.3 Å². The average molecular weight is 369 g/mol. The first-order valence-electron chi connectivity index (χ1n) is 9.15. The Bertz CT molecular complexity index is 339. The zero-order valence-corrected chi connectivity index (χ0v) is 15.8. The van der Waals surface area contributed by atoms with Gasteiger partial charge in [0.25, 0.3) is 0 Å². The second-order valence-electron chi connectivity index (χ2n) is 6.16. The third-order valence-electron chi connectivity index (χ3n) is 4.06. The van der Waals surface area contributed by atoms with Crippen LogP contribution in [0.2, 0.25) is 0 Å². The molecule has 0 heterocycles. The highest BCUT2D eigenvalue weighted by molar-refractivity contribution is 9.09. The molecule has 0 spiro atoms. The third kappa shape index (κ3) is 11.1. The minimum atomic E-state index is 0.598. The van der Waals surface area contributed by atoms with E-state index in [9.17, 15) is 0 Å². The molecule has 0 bridgehead atoms. The number of unbranched alkanes of at least 4 members (excludes halogenated alkanes) is 8. The molecule has 1 aromatic carbocycles. The van der Waals surface area contributed by atoms with Gasteiger partial charge in [0.05, 0.1) is 6.61 Å². The summed E-state index contributed by atoms with van der Waals surface area (Å²) >= 11 is 3.78. The van der Waals surface area contributed by atoms with E-state index in [1.165, 1.54) is 64.2 Å². The maximum absolute atomic E-state index is 5.74. The lowest BCUT2D eigenvalue weighted by Crippen LogP contribution is -2.06. The molecule has 0 saturated heterocycles. The Hall–Kier alpha value is -0.500. The first kappa shape index (κ1) is 19.5. The second-order valence-corrected chi connectivity index (χ2v) is 7.46. The molecule has 1 rings (SSSR count). The van der Waals surface area contributed by atoms with Gasteiger partial charge in [0.15, 0.2) is 0 Å². The van der Waals surface area contributed by atoms with E-state index in [-0.39, 0.29) is 0 Å². The molecule has 0 radical (unpaired) electrons. The monoisotopic (exact) mass is 368 g/mol. The van der Waals surface area contributed by atoms with Crippen LogP contribution >= 0.6 is 15.9 Å². The van der Waals surface area contributed by atoms with E-state index >= 15 is 0 Å². The number of rotatable bonds is 14. The zero-order valence-electron chi connectivity index (χ0n) is 14.2. The topological polar surface area (TPSA) is 9.23 Å². The summed E-state index contributed by atoms with van der Waals surface area (Å²) in [6.45, 7) is 3.08. The minimum Gasteiger partial charge on any atom is -0.494 e. The standard InChI is InChI=1S/C20H33BrO/c1-2-3-4-5-6-7-8-9-11-14-19(21)17-18-22-20-15-12-10-13-16-20/h10,12-13,15-16,19H,2-9,11,14,17-18H2,1H3. The van der Waals surface area contributed by atoms with Crippen LogP contribution in [0.25, 0.3) is 0 Å². The van der Waals surface area contributed by atoms with Crippen LogP contribution in [-0.4, -0.2) is 11.4 Å². The number of para-hydroxylation sites is 1. The quantitative estimate of drug-likeness (QED) is 0.250. The molecule has 1 atom stereocenters. The van der Waals surface area contributed by atoms with Gasteiger partial charge in [-0.25, -0.2) is 0 Å². The van der Waals surface area contributed by atoms with E-state index in [2.05, 4.69) is 22.9 Å².